The van der Waals surface area contributed by atoms with Crippen molar-refractivity contribution in [3.8, 4) is 17.2 Å². The third-order valence-electron chi connectivity index (χ3n) is 3.25. The average Bonchev–Trinajstić information content (AvgIpc) is 2.63. The Labute approximate surface area is 151 Å². The summed E-state index contributed by atoms with van der Waals surface area (Å²) in [6.07, 6.45) is 1.47. The first-order valence-electron chi connectivity index (χ1n) is 7.96. The lowest BCUT2D eigenvalue weighted by Crippen LogP contribution is -2.17. The van der Waals surface area contributed by atoms with Crippen molar-refractivity contribution in [2.45, 2.75) is 13.8 Å². The average molecular weight is 356 g/mol. The fourth-order valence-corrected chi connectivity index (χ4v) is 2.08. The van der Waals surface area contributed by atoms with Crippen molar-refractivity contribution in [1.29, 1.82) is 0 Å². The van der Waals surface area contributed by atoms with Crippen molar-refractivity contribution < 1.29 is 23.8 Å². The van der Waals surface area contributed by atoms with E-state index in [1.54, 1.807) is 49.6 Å². The molecule has 0 fully saturated rings. The lowest BCUT2D eigenvalue weighted by Gasteiger charge is -2.10. The highest BCUT2D eigenvalue weighted by atomic mass is 16.6. The quantitative estimate of drug-likeness (QED) is 0.357. The van der Waals surface area contributed by atoms with E-state index in [9.17, 15) is 9.59 Å². The highest BCUT2D eigenvalue weighted by Gasteiger charge is 2.08. The summed E-state index contributed by atoms with van der Waals surface area (Å²) in [5.41, 5.74) is 3.59. The second-order valence-corrected chi connectivity index (χ2v) is 5.16. The second kappa shape index (κ2) is 9.22. The zero-order valence-corrected chi connectivity index (χ0v) is 14.8. The van der Waals surface area contributed by atoms with E-state index < -0.39 is 5.97 Å². The van der Waals surface area contributed by atoms with Gasteiger partial charge in [-0.15, -0.1) is 0 Å². The maximum absolute atomic E-state index is 12.0. The van der Waals surface area contributed by atoms with Crippen LogP contribution < -0.4 is 19.6 Å². The molecule has 0 aliphatic rings. The number of carbonyl (C=O) groups excluding carboxylic acids is 2. The summed E-state index contributed by atoms with van der Waals surface area (Å²) in [5, 5.41) is 3.93. The van der Waals surface area contributed by atoms with Crippen molar-refractivity contribution in [1.82, 2.24) is 5.43 Å². The zero-order valence-electron chi connectivity index (χ0n) is 14.8. The van der Waals surface area contributed by atoms with E-state index in [4.69, 9.17) is 14.2 Å². The standard InChI is InChI=1S/C19H20N2O5/c1-4-25-18-11-14(5-10-17(18)26-13(2)22)12-20-21-19(23)15-6-8-16(24-3)9-7-15/h5-12H,4H2,1-3H3,(H,21,23)/b20-12-. The fourth-order valence-electron chi connectivity index (χ4n) is 2.08. The van der Waals surface area contributed by atoms with Crippen molar-refractivity contribution >= 4 is 18.1 Å². The van der Waals surface area contributed by atoms with Gasteiger partial charge < -0.3 is 14.2 Å². The molecular formula is C19H20N2O5. The number of carbonyl (C=O) groups is 2. The van der Waals surface area contributed by atoms with Gasteiger partial charge in [0.25, 0.3) is 5.91 Å². The molecule has 1 amide bonds. The lowest BCUT2D eigenvalue weighted by molar-refractivity contribution is -0.132. The first kappa shape index (κ1) is 19.0. The maximum atomic E-state index is 12.0. The van der Waals surface area contributed by atoms with Crippen LogP contribution in [0.15, 0.2) is 47.6 Å². The summed E-state index contributed by atoms with van der Waals surface area (Å²) in [5.74, 6) is 0.651. The van der Waals surface area contributed by atoms with Gasteiger partial charge in [-0.05, 0) is 55.0 Å². The van der Waals surface area contributed by atoms with E-state index in [0.717, 1.165) is 0 Å². The largest absolute Gasteiger partial charge is 0.497 e. The number of esters is 1. The predicted molar refractivity (Wildman–Crippen MR) is 97.0 cm³/mol. The summed E-state index contributed by atoms with van der Waals surface area (Å²) in [4.78, 5) is 23.1. The molecule has 0 aromatic heterocycles. The minimum Gasteiger partial charge on any atom is -0.497 e. The normalized spacial score (nSPS) is 10.4. The number of ether oxygens (including phenoxy) is 3. The van der Waals surface area contributed by atoms with E-state index in [0.29, 0.717) is 35.0 Å². The molecule has 2 aromatic carbocycles. The first-order valence-corrected chi connectivity index (χ1v) is 7.96. The SMILES string of the molecule is CCOc1cc(/C=N\NC(=O)c2ccc(OC)cc2)ccc1OC(C)=O. The van der Waals surface area contributed by atoms with Gasteiger partial charge in [0.2, 0.25) is 0 Å². The maximum Gasteiger partial charge on any atom is 0.308 e. The molecule has 0 radical (unpaired) electrons. The number of hydrogen-bond acceptors (Lipinski definition) is 6. The van der Waals surface area contributed by atoms with E-state index in [2.05, 4.69) is 10.5 Å². The second-order valence-electron chi connectivity index (χ2n) is 5.16. The van der Waals surface area contributed by atoms with Crippen molar-refractivity contribution in [3.05, 3.63) is 53.6 Å². The van der Waals surface area contributed by atoms with Gasteiger partial charge >= 0.3 is 5.97 Å². The summed E-state index contributed by atoms with van der Waals surface area (Å²) >= 11 is 0. The van der Waals surface area contributed by atoms with Crippen LogP contribution in [0.25, 0.3) is 0 Å². The van der Waals surface area contributed by atoms with Gasteiger partial charge in [0.1, 0.15) is 5.75 Å². The van der Waals surface area contributed by atoms with Crippen LogP contribution in [0.4, 0.5) is 0 Å². The Bertz CT molecular complexity index is 800. The number of hydrogen-bond donors (Lipinski definition) is 1. The minimum absolute atomic E-state index is 0.332. The van der Waals surface area contributed by atoms with Gasteiger partial charge in [-0.2, -0.15) is 5.10 Å². The van der Waals surface area contributed by atoms with Crippen LogP contribution in [0.5, 0.6) is 17.2 Å². The Hall–Kier alpha value is -3.35. The van der Waals surface area contributed by atoms with Crippen LogP contribution in [-0.4, -0.2) is 31.8 Å². The van der Waals surface area contributed by atoms with Gasteiger partial charge in [0.15, 0.2) is 11.5 Å². The Morgan fingerprint density at radius 3 is 2.46 bits per heavy atom. The number of methoxy groups -OCH3 is 1. The molecule has 7 heteroatoms. The Kier molecular flexibility index (Phi) is 6.73. The Morgan fingerprint density at radius 2 is 1.85 bits per heavy atom. The molecule has 2 rings (SSSR count). The molecule has 0 aliphatic carbocycles. The van der Waals surface area contributed by atoms with Crippen LogP contribution in [0.3, 0.4) is 0 Å². The minimum atomic E-state index is -0.431. The van der Waals surface area contributed by atoms with E-state index in [-0.39, 0.29) is 5.91 Å². The molecule has 0 saturated carbocycles. The zero-order chi connectivity index (χ0) is 18.9. The van der Waals surface area contributed by atoms with E-state index >= 15 is 0 Å². The van der Waals surface area contributed by atoms with Gasteiger partial charge in [-0.25, -0.2) is 5.43 Å². The molecule has 26 heavy (non-hydrogen) atoms. The summed E-state index contributed by atoms with van der Waals surface area (Å²) < 4.78 is 15.6. The molecular weight excluding hydrogens is 336 g/mol. The molecule has 136 valence electrons. The molecule has 0 atom stereocenters. The summed E-state index contributed by atoms with van der Waals surface area (Å²) in [6, 6.07) is 11.7. The molecule has 0 unspecified atom stereocenters. The van der Waals surface area contributed by atoms with Crippen LogP contribution in [0, 0.1) is 0 Å². The summed E-state index contributed by atoms with van der Waals surface area (Å²) in [7, 11) is 1.56. The molecule has 0 spiro atoms. The predicted octanol–water partition coefficient (Wildman–Crippen LogP) is 2.78. The third-order valence-corrected chi connectivity index (χ3v) is 3.25. The Balaban J connectivity index is 2.05. The van der Waals surface area contributed by atoms with Gasteiger partial charge in [0, 0.05) is 12.5 Å². The number of benzene rings is 2. The highest BCUT2D eigenvalue weighted by molar-refractivity contribution is 5.95. The van der Waals surface area contributed by atoms with Crippen molar-refractivity contribution in [2.24, 2.45) is 5.10 Å². The first-order chi connectivity index (χ1) is 12.5. The topological polar surface area (TPSA) is 86.2 Å². The Morgan fingerprint density at radius 1 is 1.12 bits per heavy atom. The van der Waals surface area contributed by atoms with Crippen molar-refractivity contribution in [2.75, 3.05) is 13.7 Å². The summed E-state index contributed by atoms with van der Waals surface area (Å²) in [6.45, 7) is 3.57. The molecule has 0 saturated heterocycles. The molecule has 7 nitrogen and oxygen atoms in total. The fraction of sp³-hybridized carbons (Fsp3) is 0.211. The molecule has 0 aliphatic heterocycles. The van der Waals surface area contributed by atoms with Crippen LogP contribution >= 0.6 is 0 Å². The third kappa shape index (κ3) is 5.34. The molecule has 2 aromatic rings. The number of hydrazone groups is 1. The number of nitrogens with one attached hydrogen (secondary N) is 1. The number of amides is 1. The molecule has 0 bridgehead atoms. The van der Waals surface area contributed by atoms with Gasteiger partial charge in [-0.3, -0.25) is 9.59 Å². The molecule has 0 heterocycles. The molecule has 1 N–H and O–H groups in total. The number of rotatable bonds is 7. The van der Waals surface area contributed by atoms with Crippen molar-refractivity contribution in [3.63, 3.8) is 0 Å². The van der Waals surface area contributed by atoms with Gasteiger partial charge in [-0.1, -0.05) is 0 Å². The monoisotopic (exact) mass is 356 g/mol. The highest BCUT2D eigenvalue weighted by Crippen LogP contribution is 2.28. The van der Waals surface area contributed by atoms with Crippen LogP contribution in [-0.2, 0) is 4.79 Å². The van der Waals surface area contributed by atoms with Crippen LogP contribution in [0.2, 0.25) is 0 Å². The van der Waals surface area contributed by atoms with Gasteiger partial charge in [0.05, 0.1) is 19.9 Å². The van der Waals surface area contributed by atoms with E-state index in [1.807, 2.05) is 6.92 Å². The smallest absolute Gasteiger partial charge is 0.308 e. The van der Waals surface area contributed by atoms with E-state index in [1.165, 1.54) is 13.1 Å². The van der Waals surface area contributed by atoms with Crippen LogP contribution in [0.1, 0.15) is 29.8 Å². The lowest BCUT2D eigenvalue weighted by atomic mass is 10.2. The number of nitrogens with zero attached hydrogens (tertiary/aromatic N) is 1.